The molecule has 0 aromatic heterocycles. The minimum absolute atomic E-state index is 0.372. The van der Waals surface area contributed by atoms with E-state index >= 15 is 0 Å². The van der Waals surface area contributed by atoms with Crippen molar-refractivity contribution in [2.75, 3.05) is 19.6 Å². The summed E-state index contributed by atoms with van der Waals surface area (Å²) in [7, 11) is 0. The highest BCUT2D eigenvalue weighted by Crippen LogP contribution is 2.29. The van der Waals surface area contributed by atoms with E-state index in [0.29, 0.717) is 11.5 Å². The molecule has 1 atom stereocenters. The Kier molecular flexibility index (Phi) is 4.39. The molecular weight excluding hydrogens is 172 g/mol. The maximum Gasteiger partial charge on any atom is 0.00109 e. The van der Waals surface area contributed by atoms with Gasteiger partial charge in [-0.25, -0.2) is 0 Å². The molecule has 1 aliphatic rings. The maximum absolute atomic E-state index is 5.73. The highest BCUT2D eigenvalue weighted by Gasteiger charge is 2.24. The van der Waals surface area contributed by atoms with Crippen LogP contribution in [0.1, 0.15) is 46.5 Å². The monoisotopic (exact) mass is 198 g/mol. The summed E-state index contributed by atoms with van der Waals surface area (Å²) in [6, 6.07) is 0.372. The third-order valence-electron chi connectivity index (χ3n) is 3.34. The zero-order valence-corrected chi connectivity index (χ0v) is 10.1. The predicted molar refractivity (Wildman–Crippen MR) is 62.3 cm³/mol. The van der Waals surface area contributed by atoms with Crippen LogP contribution in [0.2, 0.25) is 0 Å². The lowest BCUT2D eigenvalue weighted by Crippen LogP contribution is -2.38. The first-order chi connectivity index (χ1) is 6.49. The summed E-state index contributed by atoms with van der Waals surface area (Å²) < 4.78 is 0. The van der Waals surface area contributed by atoms with Gasteiger partial charge in [0.1, 0.15) is 0 Å². The van der Waals surface area contributed by atoms with Crippen molar-refractivity contribution in [1.82, 2.24) is 4.90 Å². The highest BCUT2D eigenvalue weighted by atomic mass is 15.1. The van der Waals surface area contributed by atoms with Gasteiger partial charge >= 0.3 is 0 Å². The van der Waals surface area contributed by atoms with Gasteiger partial charge in [0.15, 0.2) is 0 Å². The molecule has 0 aliphatic carbocycles. The van der Waals surface area contributed by atoms with Crippen LogP contribution in [0.5, 0.6) is 0 Å². The summed E-state index contributed by atoms with van der Waals surface area (Å²) in [4.78, 5) is 2.59. The maximum atomic E-state index is 5.73. The number of nitrogens with two attached hydrogens (primary N) is 1. The Balaban J connectivity index is 2.10. The van der Waals surface area contributed by atoms with Crippen LogP contribution in [0.25, 0.3) is 0 Å². The molecule has 1 saturated heterocycles. The van der Waals surface area contributed by atoms with Gasteiger partial charge in [-0.15, -0.1) is 0 Å². The molecule has 0 bridgehead atoms. The first kappa shape index (κ1) is 12.0. The normalized spacial score (nSPS) is 24.9. The lowest BCUT2D eigenvalue weighted by atomic mass is 9.82. The molecule has 1 fully saturated rings. The minimum Gasteiger partial charge on any atom is -0.328 e. The van der Waals surface area contributed by atoms with Crippen LogP contribution in [-0.4, -0.2) is 30.6 Å². The first-order valence-electron chi connectivity index (χ1n) is 5.97. The second-order valence-corrected chi connectivity index (χ2v) is 5.63. The smallest absolute Gasteiger partial charge is 0.00109 e. The fourth-order valence-electron chi connectivity index (χ4n) is 2.02. The fourth-order valence-corrected chi connectivity index (χ4v) is 2.02. The Hall–Kier alpha value is -0.0800. The topological polar surface area (TPSA) is 29.3 Å². The van der Waals surface area contributed by atoms with Crippen molar-refractivity contribution in [3.63, 3.8) is 0 Å². The third-order valence-corrected chi connectivity index (χ3v) is 3.34. The van der Waals surface area contributed by atoms with E-state index in [4.69, 9.17) is 5.73 Å². The number of piperidine rings is 1. The minimum atomic E-state index is 0.372. The van der Waals surface area contributed by atoms with Crippen molar-refractivity contribution in [2.45, 2.75) is 52.5 Å². The predicted octanol–water partition coefficient (Wildman–Crippen LogP) is 2.24. The Morgan fingerprint density at radius 3 is 2.36 bits per heavy atom. The summed E-state index contributed by atoms with van der Waals surface area (Å²) in [6.45, 7) is 10.7. The third kappa shape index (κ3) is 4.43. The van der Waals surface area contributed by atoms with E-state index in [0.717, 1.165) is 0 Å². The second-order valence-electron chi connectivity index (χ2n) is 5.63. The lowest BCUT2D eigenvalue weighted by molar-refractivity contribution is 0.130. The summed E-state index contributed by atoms with van der Waals surface area (Å²) in [6.07, 6.45) is 5.13. The molecule has 1 heterocycles. The molecule has 2 nitrogen and oxygen atoms in total. The molecule has 2 N–H and O–H groups in total. The Labute approximate surface area is 88.8 Å². The van der Waals surface area contributed by atoms with Crippen molar-refractivity contribution in [1.29, 1.82) is 0 Å². The molecule has 0 spiro atoms. The first-order valence-corrected chi connectivity index (χ1v) is 5.97. The molecule has 1 rings (SSSR count). The van der Waals surface area contributed by atoms with E-state index in [1.165, 1.54) is 45.3 Å². The molecule has 0 saturated carbocycles. The molecule has 14 heavy (non-hydrogen) atoms. The number of rotatable bonds is 4. The average Bonchev–Trinajstić information content (AvgIpc) is 2.07. The van der Waals surface area contributed by atoms with Crippen LogP contribution in [0.15, 0.2) is 0 Å². The van der Waals surface area contributed by atoms with Gasteiger partial charge in [-0.3, -0.25) is 0 Å². The van der Waals surface area contributed by atoms with Gasteiger partial charge in [0, 0.05) is 6.04 Å². The Morgan fingerprint density at radius 2 is 1.86 bits per heavy atom. The molecule has 84 valence electrons. The van der Waals surface area contributed by atoms with E-state index in [-0.39, 0.29) is 0 Å². The molecule has 0 aromatic rings. The molecule has 1 aliphatic heterocycles. The van der Waals surface area contributed by atoms with Crippen molar-refractivity contribution < 1.29 is 0 Å². The van der Waals surface area contributed by atoms with Crippen molar-refractivity contribution in [3.8, 4) is 0 Å². The highest BCUT2D eigenvalue weighted by molar-refractivity contribution is 4.78. The summed E-state index contributed by atoms with van der Waals surface area (Å²) in [5.74, 6) is 0. The Bertz CT molecular complexity index is 154. The Morgan fingerprint density at radius 1 is 1.29 bits per heavy atom. The second kappa shape index (κ2) is 5.13. The van der Waals surface area contributed by atoms with Crippen LogP contribution in [0.4, 0.5) is 0 Å². The molecular formula is C12H26N2. The van der Waals surface area contributed by atoms with Crippen LogP contribution in [0.3, 0.4) is 0 Å². The molecule has 1 unspecified atom stereocenters. The average molecular weight is 198 g/mol. The van der Waals surface area contributed by atoms with Gasteiger partial charge < -0.3 is 10.6 Å². The van der Waals surface area contributed by atoms with E-state index in [1.807, 2.05) is 0 Å². The van der Waals surface area contributed by atoms with Crippen molar-refractivity contribution >= 4 is 0 Å². The molecule has 0 amide bonds. The van der Waals surface area contributed by atoms with Crippen molar-refractivity contribution in [2.24, 2.45) is 11.1 Å². The zero-order chi connectivity index (χ0) is 10.6. The number of likely N-dealkylation sites (tertiary alicyclic amines) is 1. The van der Waals surface area contributed by atoms with Gasteiger partial charge in [-0.1, -0.05) is 13.8 Å². The summed E-state index contributed by atoms with van der Waals surface area (Å²) in [5, 5.41) is 0. The number of nitrogens with zero attached hydrogens (tertiary/aromatic N) is 1. The lowest BCUT2D eigenvalue weighted by Gasteiger charge is -2.37. The molecule has 0 radical (unpaired) electrons. The summed E-state index contributed by atoms with van der Waals surface area (Å²) in [5.41, 5.74) is 6.31. The largest absolute Gasteiger partial charge is 0.328 e. The quantitative estimate of drug-likeness (QED) is 0.750. The molecule has 2 heteroatoms. The summed E-state index contributed by atoms with van der Waals surface area (Å²) >= 11 is 0. The van der Waals surface area contributed by atoms with Crippen molar-refractivity contribution in [3.05, 3.63) is 0 Å². The standard InChI is InChI=1S/C12H26N2/c1-11(13)5-4-8-14-9-6-12(2,3)7-10-14/h11H,4-10,13H2,1-3H3. The van der Waals surface area contributed by atoms with Gasteiger partial charge in [-0.05, 0) is 57.7 Å². The van der Waals surface area contributed by atoms with E-state index in [9.17, 15) is 0 Å². The molecule has 0 aromatic carbocycles. The zero-order valence-electron chi connectivity index (χ0n) is 10.1. The van der Waals surface area contributed by atoms with Gasteiger partial charge in [0.2, 0.25) is 0 Å². The van der Waals surface area contributed by atoms with E-state index in [2.05, 4.69) is 25.7 Å². The van der Waals surface area contributed by atoms with Crippen LogP contribution < -0.4 is 5.73 Å². The number of hydrogen-bond acceptors (Lipinski definition) is 2. The number of hydrogen-bond donors (Lipinski definition) is 1. The van der Waals surface area contributed by atoms with E-state index < -0.39 is 0 Å². The fraction of sp³-hybridized carbons (Fsp3) is 1.00. The van der Waals surface area contributed by atoms with Gasteiger partial charge in [-0.2, -0.15) is 0 Å². The van der Waals surface area contributed by atoms with Crippen LogP contribution in [0, 0.1) is 5.41 Å². The van der Waals surface area contributed by atoms with Gasteiger partial charge in [0.25, 0.3) is 0 Å². The SMILES string of the molecule is CC(N)CCCN1CCC(C)(C)CC1. The van der Waals surface area contributed by atoms with E-state index in [1.54, 1.807) is 0 Å². The van der Waals surface area contributed by atoms with Crippen LogP contribution >= 0.6 is 0 Å². The van der Waals surface area contributed by atoms with Gasteiger partial charge in [0.05, 0.1) is 0 Å². The van der Waals surface area contributed by atoms with Crippen LogP contribution in [-0.2, 0) is 0 Å².